The molecule has 4 rings (SSSR count). The summed E-state index contributed by atoms with van der Waals surface area (Å²) in [4.78, 5) is 11.8. The van der Waals surface area contributed by atoms with E-state index in [0.717, 1.165) is 19.3 Å². The molecule has 6 heteroatoms. The molecule has 0 aromatic heterocycles. The summed E-state index contributed by atoms with van der Waals surface area (Å²) in [5.41, 5.74) is 0. The van der Waals surface area contributed by atoms with Crippen LogP contribution in [0, 0.1) is 0 Å². The molecule has 3 aromatic carbocycles. The second-order valence-electron chi connectivity index (χ2n) is 14.2. The molecule has 1 saturated heterocycles. The first kappa shape index (κ1) is 35.3. The van der Waals surface area contributed by atoms with Crippen molar-refractivity contribution in [1.82, 2.24) is 0 Å². The van der Waals surface area contributed by atoms with Crippen molar-refractivity contribution in [3.63, 3.8) is 0 Å². The summed E-state index contributed by atoms with van der Waals surface area (Å²) < 4.78 is 14.2. The van der Waals surface area contributed by atoms with Gasteiger partial charge in [-0.3, -0.25) is 0 Å². The molecule has 3 atom stereocenters. The van der Waals surface area contributed by atoms with Crippen LogP contribution < -0.4 is 15.6 Å². The molecule has 0 spiro atoms. The smallest absolute Gasteiger partial charge is 0.261 e. The number of rotatable bonds is 13. The highest BCUT2D eigenvalue weighted by Gasteiger charge is 2.51. The van der Waals surface area contributed by atoms with Crippen molar-refractivity contribution in [3.8, 4) is 0 Å². The Labute approximate surface area is 274 Å². The van der Waals surface area contributed by atoms with Crippen LogP contribution in [0.3, 0.4) is 0 Å². The molecule has 1 aliphatic rings. The average molecular weight is 643 g/mol. The van der Waals surface area contributed by atoms with E-state index in [1.54, 1.807) is 0 Å². The maximum absolute atomic E-state index is 7.11. The maximum Gasteiger partial charge on any atom is 0.261 e. The lowest BCUT2D eigenvalue weighted by Crippen LogP contribution is -2.66. The summed E-state index contributed by atoms with van der Waals surface area (Å²) in [7, 11) is -5.15. The molecule has 4 nitrogen and oxygen atoms in total. The van der Waals surface area contributed by atoms with Crippen molar-refractivity contribution < 1.29 is 18.6 Å². The maximum atomic E-state index is 7.11. The van der Waals surface area contributed by atoms with Crippen molar-refractivity contribution in [2.45, 2.75) is 96.9 Å². The minimum Gasteiger partial charge on any atom is -0.407 e. The van der Waals surface area contributed by atoms with Crippen LogP contribution in [0.4, 0.5) is 0 Å². The summed E-state index contributed by atoms with van der Waals surface area (Å²) in [6.07, 6.45) is 9.02. The molecule has 0 saturated carbocycles. The number of hydrogen-bond acceptors (Lipinski definition) is 4. The van der Waals surface area contributed by atoms with E-state index in [0.29, 0.717) is 13.2 Å². The highest BCUT2D eigenvalue weighted by Crippen LogP contribution is 2.42. The summed E-state index contributed by atoms with van der Waals surface area (Å²) >= 11 is 0. The minimum absolute atomic E-state index is 0.001000. The van der Waals surface area contributed by atoms with Crippen LogP contribution in [0.15, 0.2) is 114 Å². The molecule has 0 radical (unpaired) electrons. The molecule has 3 unspecified atom stereocenters. The van der Waals surface area contributed by atoms with Gasteiger partial charge in [0, 0.05) is 19.6 Å². The predicted octanol–water partition coefficient (Wildman–Crippen LogP) is 8.16. The van der Waals surface area contributed by atoms with Gasteiger partial charge >= 0.3 is 0 Å². The molecule has 1 aliphatic heterocycles. The fourth-order valence-corrected chi connectivity index (χ4v) is 16.3. The first-order chi connectivity index (χ1) is 21.5. The van der Waals surface area contributed by atoms with Gasteiger partial charge in [-0.2, -0.15) is 0 Å². The number of benzene rings is 3. The summed E-state index contributed by atoms with van der Waals surface area (Å²) in [5, 5.41) is 5.08. The predicted molar refractivity (Wildman–Crippen MR) is 193 cm³/mol. The molecule has 1 heterocycles. The van der Waals surface area contributed by atoms with Gasteiger partial charge in [-0.05, 0) is 57.5 Å². The van der Waals surface area contributed by atoms with E-state index in [4.69, 9.17) is 18.6 Å². The van der Waals surface area contributed by atoms with Gasteiger partial charge < -0.3 is 8.85 Å². The molecule has 242 valence electrons. The molecular weight excluding hydrogens is 589 g/mol. The quantitative estimate of drug-likeness (QED) is 0.107. The SMILES string of the molecule is C/C=C\C(=C/C)[Si](OCCC1CC(CCO[Si](c2ccccc2)(c2ccccc2)C(C)(C)C)OO1)(c1ccccc1)C(C)(C)C. The van der Waals surface area contributed by atoms with Crippen molar-refractivity contribution in [2.24, 2.45) is 0 Å². The van der Waals surface area contributed by atoms with E-state index < -0.39 is 16.6 Å². The summed E-state index contributed by atoms with van der Waals surface area (Å²) in [6.45, 7) is 19.3. The average Bonchev–Trinajstić information content (AvgIpc) is 3.48. The summed E-state index contributed by atoms with van der Waals surface area (Å²) in [5.74, 6) is 0. The first-order valence-electron chi connectivity index (χ1n) is 16.6. The van der Waals surface area contributed by atoms with E-state index in [1.807, 2.05) is 0 Å². The number of allylic oxidation sites excluding steroid dienone is 4. The second-order valence-corrected chi connectivity index (χ2v) is 22.8. The van der Waals surface area contributed by atoms with Crippen LogP contribution in [-0.4, -0.2) is 42.1 Å². The Balaban J connectivity index is 1.43. The van der Waals surface area contributed by atoms with Gasteiger partial charge in [0.2, 0.25) is 0 Å². The Hall–Kier alpha value is -2.59. The monoisotopic (exact) mass is 642 g/mol. The zero-order valence-electron chi connectivity index (χ0n) is 28.7. The Morgan fingerprint density at radius 1 is 0.667 bits per heavy atom. The van der Waals surface area contributed by atoms with Crippen molar-refractivity contribution in [1.29, 1.82) is 0 Å². The normalized spacial score (nSPS) is 19.6. The third-order valence-electron chi connectivity index (χ3n) is 9.09. The molecule has 0 amide bonds. The molecule has 3 aromatic rings. The van der Waals surface area contributed by atoms with Crippen molar-refractivity contribution in [3.05, 3.63) is 114 Å². The van der Waals surface area contributed by atoms with Gasteiger partial charge in [-0.1, -0.05) is 151 Å². The van der Waals surface area contributed by atoms with E-state index in [-0.39, 0.29) is 22.3 Å². The minimum atomic E-state index is -2.57. The fourth-order valence-electron chi connectivity index (χ4n) is 6.99. The third kappa shape index (κ3) is 7.70. The first-order valence-corrected chi connectivity index (χ1v) is 20.4. The van der Waals surface area contributed by atoms with E-state index in [9.17, 15) is 0 Å². The van der Waals surface area contributed by atoms with Crippen molar-refractivity contribution >= 4 is 32.2 Å². The zero-order valence-corrected chi connectivity index (χ0v) is 30.7. The Morgan fingerprint density at radius 2 is 1.11 bits per heavy atom. The Kier molecular flexibility index (Phi) is 12.0. The van der Waals surface area contributed by atoms with Gasteiger partial charge in [-0.25, -0.2) is 9.78 Å². The topological polar surface area (TPSA) is 36.9 Å². The second kappa shape index (κ2) is 15.3. The molecule has 0 N–H and O–H groups in total. The largest absolute Gasteiger partial charge is 0.407 e. The molecule has 0 aliphatic carbocycles. The van der Waals surface area contributed by atoms with E-state index in [1.165, 1.54) is 20.8 Å². The lowest BCUT2D eigenvalue weighted by molar-refractivity contribution is -0.298. The highest BCUT2D eigenvalue weighted by atomic mass is 28.4. The van der Waals surface area contributed by atoms with Crippen LogP contribution in [-0.2, 0) is 18.6 Å². The fraction of sp³-hybridized carbons (Fsp3) is 0.436. The third-order valence-corrected chi connectivity index (χ3v) is 19.3. The Morgan fingerprint density at radius 3 is 1.51 bits per heavy atom. The van der Waals surface area contributed by atoms with Gasteiger partial charge in [-0.15, -0.1) is 0 Å². The van der Waals surface area contributed by atoms with Crippen LogP contribution >= 0.6 is 0 Å². The standard InChI is InChI=1S/C39H54O4Si2/c1-9-20-34(10-2)44(38(3,4)5,35-21-14-11-15-22-35)40-29-27-32-31-33(43-42-32)28-30-41-45(39(6,7)8,36-23-16-12-17-24-36)37-25-18-13-19-26-37/h9-26,32-33H,27-31H2,1-8H3/b20-9-,34-10+. The van der Waals surface area contributed by atoms with E-state index in [2.05, 4.69) is 165 Å². The van der Waals surface area contributed by atoms with Gasteiger partial charge in [0.15, 0.2) is 0 Å². The van der Waals surface area contributed by atoms with Crippen LogP contribution in [0.25, 0.3) is 0 Å². The zero-order chi connectivity index (χ0) is 32.6. The van der Waals surface area contributed by atoms with Crippen molar-refractivity contribution in [2.75, 3.05) is 13.2 Å². The van der Waals surface area contributed by atoms with Crippen LogP contribution in [0.2, 0.25) is 10.1 Å². The van der Waals surface area contributed by atoms with Gasteiger partial charge in [0.1, 0.15) is 0 Å². The summed E-state index contributed by atoms with van der Waals surface area (Å²) in [6, 6.07) is 32.4. The molecule has 45 heavy (non-hydrogen) atoms. The lowest BCUT2D eigenvalue weighted by Gasteiger charge is -2.43. The van der Waals surface area contributed by atoms with Crippen LogP contribution in [0.1, 0.15) is 74.7 Å². The van der Waals surface area contributed by atoms with E-state index >= 15 is 0 Å². The lowest BCUT2D eigenvalue weighted by atomic mass is 10.1. The Bertz CT molecular complexity index is 1340. The molecular formula is C39H54O4Si2. The molecule has 1 fully saturated rings. The van der Waals surface area contributed by atoms with Gasteiger partial charge in [0.05, 0.1) is 12.2 Å². The highest BCUT2D eigenvalue weighted by molar-refractivity contribution is 6.99. The molecule has 0 bridgehead atoms. The van der Waals surface area contributed by atoms with Gasteiger partial charge in [0.25, 0.3) is 16.6 Å². The number of hydrogen-bond donors (Lipinski definition) is 0. The van der Waals surface area contributed by atoms with Crippen LogP contribution in [0.5, 0.6) is 0 Å².